The van der Waals surface area contributed by atoms with Crippen molar-refractivity contribution in [2.45, 2.75) is 18.5 Å². The molecule has 1 N–H and O–H groups in total. The van der Waals surface area contributed by atoms with E-state index >= 15 is 0 Å². The number of piperazine rings is 2. The van der Waals surface area contributed by atoms with Crippen molar-refractivity contribution in [3.8, 4) is 12.0 Å². The summed E-state index contributed by atoms with van der Waals surface area (Å²) in [5, 5.41) is 23.4. The van der Waals surface area contributed by atoms with Crippen LogP contribution in [-0.2, 0) is 11.2 Å². The van der Waals surface area contributed by atoms with Gasteiger partial charge in [-0.15, -0.1) is 5.10 Å². The molecule has 12 heteroatoms. The molecule has 2 unspecified atom stereocenters. The molecule has 2 fully saturated rings. The first-order chi connectivity index (χ1) is 16.1. The van der Waals surface area contributed by atoms with Crippen molar-refractivity contribution >= 4 is 5.91 Å². The van der Waals surface area contributed by atoms with E-state index in [4.69, 9.17) is 5.26 Å². The van der Waals surface area contributed by atoms with Gasteiger partial charge < -0.3 is 10.2 Å². The van der Waals surface area contributed by atoms with Gasteiger partial charge in [-0.05, 0) is 33.7 Å². The third-order valence-corrected chi connectivity index (χ3v) is 6.09. The zero-order valence-electron chi connectivity index (χ0n) is 17.7. The first-order valence-electron chi connectivity index (χ1n) is 10.6. The number of hydrogen-bond donors (Lipinski definition) is 1. The second-order valence-corrected chi connectivity index (χ2v) is 8.12. The highest BCUT2D eigenvalue weighted by atomic mass is 19.1. The van der Waals surface area contributed by atoms with E-state index in [2.05, 4.69) is 35.7 Å². The zero-order chi connectivity index (χ0) is 22.8. The number of rotatable bonds is 4. The molecule has 0 bridgehead atoms. The molecule has 0 aliphatic carbocycles. The average molecular weight is 448 g/mol. The Bertz CT molecular complexity index is 1180. The van der Waals surface area contributed by atoms with Crippen LogP contribution in [0.25, 0.3) is 5.95 Å². The molecule has 5 rings (SSSR count). The van der Waals surface area contributed by atoms with E-state index in [0.29, 0.717) is 25.6 Å². The standard InChI is InChI=1S/C21H21FN10O/c22-18-2-1-15(6-16(18)7-23)19-12-30-3-4-31(11-17(30)10-24-19)20(33)5-14-8-25-21(26-9-14)32-13-27-28-29-32/h1-2,6,8-9,13,17,19,24H,3-5,10-12H2. The van der Waals surface area contributed by atoms with Gasteiger partial charge >= 0.3 is 0 Å². The molecule has 3 aromatic rings. The smallest absolute Gasteiger partial charge is 0.253 e. The molecule has 0 spiro atoms. The minimum Gasteiger partial charge on any atom is -0.340 e. The summed E-state index contributed by atoms with van der Waals surface area (Å²) in [6, 6.07) is 6.80. The summed E-state index contributed by atoms with van der Waals surface area (Å²) in [4.78, 5) is 25.5. The molecule has 1 amide bonds. The molecule has 2 aromatic heterocycles. The number of fused-ring (bicyclic) bond motifs is 1. The number of carbonyl (C=O) groups excluding carboxylic acids is 1. The van der Waals surface area contributed by atoms with E-state index in [1.165, 1.54) is 17.1 Å². The molecule has 33 heavy (non-hydrogen) atoms. The van der Waals surface area contributed by atoms with Gasteiger partial charge in [-0.25, -0.2) is 14.4 Å². The Kier molecular flexibility index (Phi) is 5.72. The second kappa shape index (κ2) is 8.97. The summed E-state index contributed by atoms with van der Waals surface area (Å²) in [5.41, 5.74) is 1.68. The topological polar surface area (TPSA) is 129 Å². The Morgan fingerprint density at radius 1 is 1.24 bits per heavy atom. The first-order valence-corrected chi connectivity index (χ1v) is 10.6. The van der Waals surface area contributed by atoms with Gasteiger partial charge in [-0.2, -0.15) is 9.94 Å². The molecule has 168 valence electrons. The van der Waals surface area contributed by atoms with Gasteiger partial charge in [-0.1, -0.05) is 6.07 Å². The summed E-state index contributed by atoms with van der Waals surface area (Å²) in [7, 11) is 0. The van der Waals surface area contributed by atoms with Crippen LogP contribution in [0.3, 0.4) is 0 Å². The molecule has 2 saturated heterocycles. The van der Waals surface area contributed by atoms with Gasteiger partial charge in [0, 0.05) is 57.2 Å². The van der Waals surface area contributed by atoms with Crippen molar-refractivity contribution in [2.24, 2.45) is 0 Å². The summed E-state index contributed by atoms with van der Waals surface area (Å²) in [5.74, 6) is -0.124. The molecule has 1 aromatic carbocycles. The molecule has 2 aliphatic rings. The van der Waals surface area contributed by atoms with Gasteiger partial charge in [0.25, 0.3) is 5.95 Å². The molecule has 0 saturated carbocycles. The molecule has 2 aliphatic heterocycles. The van der Waals surface area contributed by atoms with E-state index in [-0.39, 0.29) is 30.0 Å². The summed E-state index contributed by atoms with van der Waals surface area (Å²) in [6.45, 7) is 3.48. The molecular weight excluding hydrogens is 427 g/mol. The van der Waals surface area contributed by atoms with Crippen LogP contribution in [0.2, 0.25) is 0 Å². The Morgan fingerprint density at radius 2 is 2.09 bits per heavy atom. The van der Waals surface area contributed by atoms with Crippen LogP contribution >= 0.6 is 0 Å². The van der Waals surface area contributed by atoms with E-state index in [0.717, 1.165) is 24.2 Å². The van der Waals surface area contributed by atoms with E-state index in [1.54, 1.807) is 24.5 Å². The van der Waals surface area contributed by atoms with Crippen molar-refractivity contribution in [1.29, 1.82) is 5.26 Å². The summed E-state index contributed by atoms with van der Waals surface area (Å²) in [6.07, 6.45) is 4.86. The number of tetrazole rings is 1. The molecule has 2 atom stereocenters. The fourth-order valence-corrected chi connectivity index (χ4v) is 4.30. The third-order valence-electron chi connectivity index (χ3n) is 6.09. The lowest BCUT2D eigenvalue weighted by molar-refractivity contribution is -0.134. The Hall–Kier alpha value is -3.82. The predicted octanol–water partition coefficient (Wildman–Crippen LogP) is -0.137. The largest absolute Gasteiger partial charge is 0.340 e. The average Bonchev–Trinajstić information content (AvgIpc) is 3.39. The SMILES string of the molecule is N#Cc1cc(C2CN3CCN(C(=O)Cc4cnc(-n5cnnn5)nc4)CC3CN2)ccc1F. The van der Waals surface area contributed by atoms with Gasteiger partial charge in [-0.3, -0.25) is 9.69 Å². The zero-order valence-corrected chi connectivity index (χ0v) is 17.7. The Balaban J connectivity index is 1.17. The molecule has 0 radical (unpaired) electrons. The van der Waals surface area contributed by atoms with Gasteiger partial charge in [0.1, 0.15) is 18.2 Å². The maximum Gasteiger partial charge on any atom is 0.253 e. The molecule has 4 heterocycles. The number of benzene rings is 1. The Labute approximate surface area is 188 Å². The van der Waals surface area contributed by atoms with Crippen LogP contribution in [0.15, 0.2) is 36.9 Å². The number of aromatic nitrogens is 6. The highest BCUT2D eigenvalue weighted by molar-refractivity contribution is 5.78. The van der Waals surface area contributed by atoms with Gasteiger partial charge in [0.2, 0.25) is 5.91 Å². The number of halogens is 1. The highest BCUT2D eigenvalue weighted by Gasteiger charge is 2.34. The predicted molar refractivity (Wildman–Crippen MR) is 112 cm³/mol. The number of amides is 1. The van der Waals surface area contributed by atoms with E-state index in [1.807, 2.05) is 11.0 Å². The highest BCUT2D eigenvalue weighted by Crippen LogP contribution is 2.24. The van der Waals surface area contributed by atoms with Crippen LogP contribution in [0.4, 0.5) is 4.39 Å². The van der Waals surface area contributed by atoms with E-state index < -0.39 is 5.82 Å². The fourth-order valence-electron chi connectivity index (χ4n) is 4.30. The van der Waals surface area contributed by atoms with Crippen LogP contribution in [0, 0.1) is 17.1 Å². The number of hydrogen-bond acceptors (Lipinski definition) is 9. The Morgan fingerprint density at radius 3 is 2.85 bits per heavy atom. The van der Waals surface area contributed by atoms with Crippen LogP contribution in [-0.4, -0.2) is 84.6 Å². The first kappa shape index (κ1) is 21.0. The van der Waals surface area contributed by atoms with Gasteiger partial charge in [0.15, 0.2) is 0 Å². The van der Waals surface area contributed by atoms with Crippen molar-refractivity contribution in [3.63, 3.8) is 0 Å². The molecular formula is C21H21FN10O. The summed E-state index contributed by atoms with van der Waals surface area (Å²) < 4.78 is 15.0. The lowest BCUT2D eigenvalue weighted by atomic mass is 9.98. The maximum absolute atomic E-state index is 13.7. The third kappa shape index (κ3) is 4.41. The number of nitriles is 1. The number of nitrogens with zero attached hydrogens (tertiary/aromatic N) is 9. The lowest BCUT2D eigenvalue weighted by Crippen LogP contribution is -2.62. The minimum absolute atomic E-state index is 0.0204. The van der Waals surface area contributed by atoms with Crippen LogP contribution in [0.1, 0.15) is 22.7 Å². The van der Waals surface area contributed by atoms with Crippen molar-refractivity contribution in [3.05, 3.63) is 59.4 Å². The van der Waals surface area contributed by atoms with E-state index in [9.17, 15) is 9.18 Å². The minimum atomic E-state index is -0.502. The van der Waals surface area contributed by atoms with Crippen molar-refractivity contribution < 1.29 is 9.18 Å². The fraction of sp³-hybridized carbons (Fsp3) is 0.381. The second-order valence-electron chi connectivity index (χ2n) is 8.12. The van der Waals surface area contributed by atoms with Crippen LogP contribution < -0.4 is 5.32 Å². The van der Waals surface area contributed by atoms with Crippen molar-refractivity contribution in [2.75, 3.05) is 32.7 Å². The number of carbonyl (C=O) groups is 1. The normalized spacial score (nSPS) is 20.8. The summed E-state index contributed by atoms with van der Waals surface area (Å²) >= 11 is 0. The molecule has 11 nitrogen and oxygen atoms in total. The van der Waals surface area contributed by atoms with Gasteiger partial charge in [0.05, 0.1) is 12.0 Å². The maximum atomic E-state index is 13.7. The lowest BCUT2D eigenvalue weighted by Gasteiger charge is -2.46. The van der Waals surface area contributed by atoms with Crippen LogP contribution in [0.5, 0.6) is 0 Å². The quantitative estimate of drug-likeness (QED) is 0.580. The van der Waals surface area contributed by atoms with Crippen molar-refractivity contribution in [1.82, 2.24) is 45.3 Å². The number of nitrogens with one attached hydrogen (secondary N) is 1. The monoisotopic (exact) mass is 448 g/mol.